The van der Waals surface area contributed by atoms with E-state index in [0.29, 0.717) is 6.42 Å². The number of aliphatic hydroxyl groups excluding tert-OH is 1. The molecule has 4 atom stereocenters. The van der Waals surface area contributed by atoms with Gasteiger partial charge >= 0.3 is 0 Å². The number of rotatable bonds is 10. The first-order valence-corrected chi connectivity index (χ1v) is 7.83. The van der Waals surface area contributed by atoms with E-state index >= 15 is 0 Å². The molecule has 0 aromatic carbocycles. The van der Waals surface area contributed by atoms with Crippen molar-refractivity contribution in [3.63, 3.8) is 0 Å². The van der Waals surface area contributed by atoms with Crippen molar-refractivity contribution in [1.82, 2.24) is 10.6 Å². The number of carbonyl (C=O) groups excluding carboxylic acids is 3. The molecule has 7 N–H and O–H groups in total. The van der Waals surface area contributed by atoms with Gasteiger partial charge in [-0.25, -0.2) is 0 Å². The van der Waals surface area contributed by atoms with Crippen molar-refractivity contribution in [3.8, 4) is 0 Å². The van der Waals surface area contributed by atoms with Crippen molar-refractivity contribution in [3.05, 3.63) is 0 Å². The maximum atomic E-state index is 12.2. The second-order valence-corrected chi connectivity index (χ2v) is 6.20. The second kappa shape index (κ2) is 10.3. The van der Waals surface area contributed by atoms with Gasteiger partial charge in [0.2, 0.25) is 11.8 Å². The number of nitrogens with two attached hydrogens (primary N) is 2. The Hall–Kier alpha value is -1.51. The quantitative estimate of drug-likeness (QED) is 0.329. The molecule has 0 saturated heterocycles. The van der Waals surface area contributed by atoms with E-state index in [2.05, 4.69) is 10.6 Å². The van der Waals surface area contributed by atoms with Gasteiger partial charge in [0, 0.05) is 13.1 Å². The average molecular weight is 330 g/mol. The van der Waals surface area contributed by atoms with Gasteiger partial charge in [-0.15, -0.1) is 0 Å². The van der Waals surface area contributed by atoms with Gasteiger partial charge in [-0.1, -0.05) is 13.8 Å². The summed E-state index contributed by atoms with van der Waals surface area (Å²) in [6.45, 7) is 6.72. The summed E-state index contributed by atoms with van der Waals surface area (Å²) in [5.41, 5.74) is 11.0. The zero-order valence-electron chi connectivity index (χ0n) is 14.3. The van der Waals surface area contributed by atoms with Gasteiger partial charge in [0.1, 0.15) is 6.04 Å². The third-order valence-corrected chi connectivity index (χ3v) is 3.52. The lowest BCUT2D eigenvalue weighted by Crippen LogP contribution is -2.58. The molecule has 0 rings (SSSR count). The fourth-order valence-electron chi connectivity index (χ4n) is 2.14. The molecule has 2 unspecified atom stereocenters. The lowest BCUT2D eigenvalue weighted by molar-refractivity contribution is -0.135. The van der Waals surface area contributed by atoms with Crippen LogP contribution in [0.2, 0.25) is 0 Å². The molecule has 0 heterocycles. The largest absolute Gasteiger partial charge is 0.391 e. The molecule has 0 saturated carbocycles. The Labute approximate surface area is 137 Å². The third-order valence-electron chi connectivity index (χ3n) is 3.52. The van der Waals surface area contributed by atoms with Gasteiger partial charge in [0.25, 0.3) is 0 Å². The van der Waals surface area contributed by atoms with E-state index in [4.69, 9.17) is 11.5 Å². The molecule has 0 aromatic rings. The number of aliphatic hydroxyl groups is 1. The van der Waals surface area contributed by atoms with E-state index in [-0.39, 0.29) is 24.8 Å². The summed E-state index contributed by atoms with van der Waals surface area (Å²) in [4.78, 5) is 35.8. The maximum absolute atomic E-state index is 12.2. The summed E-state index contributed by atoms with van der Waals surface area (Å²) < 4.78 is 0. The first-order chi connectivity index (χ1) is 10.6. The normalized spacial score (nSPS) is 16.3. The molecule has 0 bridgehead atoms. The summed E-state index contributed by atoms with van der Waals surface area (Å²) in [7, 11) is 0. The summed E-state index contributed by atoms with van der Waals surface area (Å²) in [6.07, 6.45) is -0.545. The van der Waals surface area contributed by atoms with Crippen LogP contribution in [-0.2, 0) is 14.4 Å². The molecule has 0 fully saturated rings. The van der Waals surface area contributed by atoms with Crippen molar-refractivity contribution in [1.29, 1.82) is 0 Å². The first kappa shape index (κ1) is 21.5. The molecular formula is C15H30N4O4. The number of hydrogen-bond donors (Lipinski definition) is 5. The smallest absolute Gasteiger partial charge is 0.245 e. The zero-order valence-corrected chi connectivity index (χ0v) is 14.3. The van der Waals surface area contributed by atoms with E-state index in [9.17, 15) is 19.5 Å². The molecule has 23 heavy (non-hydrogen) atoms. The topological polar surface area (TPSA) is 148 Å². The minimum atomic E-state index is -1.17. The molecule has 2 amide bonds. The van der Waals surface area contributed by atoms with Crippen molar-refractivity contribution >= 4 is 17.6 Å². The highest BCUT2D eigenvalue weighted by Crippen LogP contribution is 2.11. The fraction of sp³-hybridized carbons (Fsp3) is 0.800. The van der Waals surface area contributed by atoms with Gasteiger partial charge in [-0.05, 0) is 26.2 Å². The van der Waals surface area contributed by atoms with Crippen molar-refractivity contribution in [2.45, 2.75) is 52.3 Å². The molecule has 0 aliphatic rings. The van der Waals surface area contributed by atoms with Gasteiger partial charge in [-0.3, -0.25) is 14.4 Å². The van der Waals surface area contributed by atoms with Crippen LogP contribution < -0.4 is 22.1 Å². The zero-order chi connectivity index (χ0) is 18.2. The highest BCUT2D eigenvalue weighted by atomic mass is 16.3. The Morgan fingerprint density at radius 3 is 1.91 bits per heavy atom. The van der Waals surface area contributed by atoms with Gasteiger partial charge < -0.3 is 27.2 Å². The van der Waals surface area contributed by atoms with Crippen molar-refractivity contribution < 1.29 is 19.5 Å². The minimum absolute atomic E-state index is 0.0552. The van der Waals surface area contributed by atoms with Crippen LogP contribution in [0.3, 0.4) is 0 Å². The van der Waals surface area contributed by atoms with Gasteiger partial charge in [-0.2, -0.15) is 0 Å². The number of nitrogens with one attached hydrogen (secondary N) is 2. The Balaban J connectivity index is 4.94. The second-order valence-electron chi connectivity index (χ2n) is 6.20. The average Bonchev–Trinajstić information content (AvgIpc) is 2.46. The third kappa shape index (κ3) is 7.54. The van der Waals surface area contributed by atoms with Crippen LogP contribution in [0.5, 0.6) is 0 Å². The van der Waals surface area contributed by atoms with Crippen LogP contribution in [0.1, 0.15) is 34.1 Å². The van der Waals surface area contributed by atoms with E-state index in [1.165, 1.54) is 13.8 Å². The van der Waals surface area contributed by atoms with E-state index in [1.54, 1.807) is 0 Å². The molecule has 8 nitrogen and oxygen atoms in total. The SMILES string of the molecule is CC(=O)[C@H](CN)NC(=O)[C@@H](NC(=O)C(CN)CC(C)C)C(C)O. The molecule has 0 aliphatic heterocycles. The first-order valence-electron chi connectivity index (χ1n) is 7.83. The Bertz CT molecular complexity index is 412. The number of Topliss-reactive ketones (excluding diaryl/α,β-unsaturated/α-hetero) is 1. The number of hydrogen-bond acceptors (Lipinski definition) is 6. The predicted octanol–water partition coefficient (Wildman–Crippen LogP) is -1.49. The Kier molecular flexibility index (Phi) is 9.62. The molecule has 134 valence electrons. The highest BCUT2D eigenvalue weighted by Gasteiger charge is 2.30. The van der Waals surface area contributed by atoms with Crippen LogP contribution in [0.25, 0.3) is 0 Å². The monoisotopic (exact) mass is 330 g/mol. The Morgan fingerprint density at radius 2 is 1.57 bits per heavy atom. The van der Waals surface area contributed by atoms with Crippen molar-refractivity contribution in [2.75, 3.05) is 13.1 Å². The number of carbonyl (C=O) groups is 3. The standard InChI is InChI=1S/C15H30N4O4/c1-8(2)5-11(6-16)14(22)19-13(10(4)21)15(23)18-12(7-17)9(3)20/h8,10-13,21H,5-7,16-17H2,1-4H3,(H,18,23)(H,19,22)/t10?,11?,12-,13-/m0/s1. The van der Waals surface area contributed by atoms with E-state index < -0.39 is 35.9 Å². The minimum Gasteiger partial charge on any atom is -0.391 e. The summed E-state index contributed by atoms with van der Waals surface area (Å²) >= 11 is 0. The number of ketones is 1. The molecule has 8 heteroatoms. The van der Waals surface area contributed by atoms with Crippen LogP contribution in [0, 0.1) is 11.8 Å². The number of amides is 2. The maximum Gasteiger partial charge on any atom is 0.245 e. The highest BCUT2D eigenvalue weighted by molar-refractivity contribution is 5.92. The van der Waals surface area contributed by atoms with Crippen LogP contribution >= 0.6 is 0 Å². The lowest BCUT2D eigenvalue weighted by atomic mass is 9.96. The van der Waals surface area contributed by atoms with E-state index in [1.807, 2.05) is 13.8 Å². The van der Waals surface area contributed by atoms with E-state index in [0.717, 1.165) is 0 Å². The molecule has 0 radical (unpaired) electrons. The molecule has 0 spiro atoms. The van der Waals surface area contributed by atoms with Crippen LogP contribution in [-0.4, -0.2) is 54.0 Å². The molecule has 0 aliphatic carbocycles. The summed E-state index contributed by atoms with van der Waals surface area (Å²) in [5, 5.41) is 14.7. The summed E-state index contributed by atoms with van der Waals surface area (Å²) in [5.74, 6) is -1.51. The lowest BCUT2D eigenvalue weighted by Gasteiger charge is -2.25. The van der Waals surface area contributed by atoms with Crippen LogP contribution in [0.4, 0.5) is 0 Å². The molecule has 0 aromatic heterocycles. The van der Waals surface area contributed by atoms with Crippen LogP contribution in [0.15, 0.2) is 0 Å². The van der Waals surface area contributed by atoms with Gasteiger partial charge in [0.05, 0.1) is 18.1 Å². The van der Waals surface area contributed by atoms with Gasteiger partial charge in [0.15, 0.2) is 5.78 Å². The molecular weight excluding hydrogens is 300 g/mol. The fourth-order valence-corrected chi connectivity index (χ4v) is 2.14. The van der Waals surface area contributed by atoms with Crippen molar-refractivity contribution in [2.24, 2.45) is 23.3 Å². The summed E-state index contributed by atoms with van der Waals surface area (Å²) in [6, 6.07) is -2.02. The Morgan fingerprint density at radius 1 is 1.00 bits per heavy atom. The predicted molar refractivity (Wildman–Crippen MR) is 87.3 cm³/mol.